The number of hydrogen-bond acceptors (Lipinski definition) is 5. The normalized spacial score (nSPS) is 14.3. The third kappa shape index (κ3) is 4.90. The summed E-state index contributed by atoms with van der Waals surface area (Å²) in [7, 11) is 1.31. The first-order valence-electron chi connectivity index (χ1n) is 7.19. The van der Waals surface area contributed by atoms with Crippen LogP contribution in [0.4, 0.5) is 8.78 Å². The van der Waals surface area contributed by atoms with Crippen molar-refractivity contribution in [3.8, 4) is 11.5 Å². The molecule has 1 aliphatic rings. The zero-order chi connectivity index (χ0) is 17.7. The molecule has 0 spiro atoms. The molecule has 0 heterocycles. The number of benzene rings is 1. The van der Waals surface area contributed by atoms with E-state index in [1.165, 1.54) is 25.3 Å². The number of methoxy groups -OCH3 is 1. The molecule has 0 bridgehead atoms. The van der Waals surface area contributed by atoms with Gasteiger partial charge in [0.1, 0.15) is 0 Å². The lowest BCUT2D eigenvalue weighted by Gasteiger charge is -2.11. The summed E-state index contributed by atoms with van der Waals surface area (Å²) in [5, 5.41) is 6.35. The highest BCUT2D eigenvalue weighted by Gasteiger charge is 2.26. The SMILES string of the molecule is COc1cc(/C(C)=N\NC(=O)C(=O)NC2CC2)ccc1OC(F)F. The highest BCUT2D eigenvalue weighted by Crippen LogP contribution is 2.29. The summed E-state index contributed by atoms with van der Waals surface area (Å²) in [6.45, 7) is -1.38. The van der Waals surface area contributed by atoms with E-state index in [0.29, 0.717) is 11.3 Å². The monoisotopic (exact) mass is 341 g/mol. The van der Waals surface area contributed by atoms with E-state index in [-0.39, 0.29) is 17.5 Å². The Kier molecular flexibility index (Phi) is 5.67. The maximum atomic E-state index is 12.3. The van der Waals surface area contributed by atoms with Crippen LogP contribution in [0, 0.1) is 0 Å². The second-order valence-electron chi connectivity index (χ2n) is 5.13. The first-order valence-corrected chi connectivity index (χ1v) is 7.19. The maximum Gasteiger partial charge on any atom is 0.387 e. The third-order valence-electron chi connectivity index (χ3n) is 3.24. The summed E-state index contributed by atoms with van der Waals surface area (Å²) in [5.74, 6) is -1.63. The molecule has 9 heteroatoms. The molecule has 0 atom stereocenters. The summed E-state index contributed by atoms with van der Waals surface area (Å²) in [4.78, 5) is 23.1. The topological polar surface area (TPSA) is 89.0 Å². The van der Waals surface area contributed by atoms with Crippen LogP contribution in [0.15, 0.2) is 23.3 Å². The van der Waals surface area contributed by atoms with E-state index < -0.39 is 18.4 Å². The Labute approximate surface area is 137 Å². The number of amides is 2. The van der Waals surface area contributed by atoms with Crippen LogP contribution in [0.3, 0.4) is 0 Å². The molecular formula is C15H17F2N3O4. The van der Waals surface area contributed by atoms with Gasteiger partial charge in [-0.25, -0.2) is 5.43 Å². The van der Waals surface area contributed by atoms with Crippen molar-refractivity contribution in [1.29, 1.82) is 0 Å². The van der Waals surface area contributed by atoms with Gasteiger partial charge in [-0.2, -0.15) is 13.9 Å². The Hall–Kier alpha value is -2.71. The van der Waals surface area contributed by atoms with Gasteiger partial charge in [0.05, 0.1) is 12.8 Å². The van der Waals surface area contributed by atoms with Crippen molar-refractivity contribution in [3.63, 3.8) is 0 Å². The Morgan fingerprint density at radius 2 is 1.96 bits per heavy atom. The molecule has 0 aliphatic heterocycles. The molecule has 24 heavy (non-hydrogen) atoms. The molecular weight excluding hydrogens is 324 g/mol. The standard InChI is InChI=1S/C15H17F2N3O4/c1-8(19-20-14(22)13(21)18-10-4-5-10)9-3-6-11(24-15(16)17)12(7-9)23-2/h3,6-7,10,15H,4-5H2,1-2H3,(H,18,21)(H,20,22)/b19-8-. The van der Waals surface area contributed by atoms with E-state index in [1.54, 1.807) is 6.92 Å². The smallest absolute Gasteiger partial charge is 0.387 e. The van der Waals surface area contributed by atoms with Crippen molar-refractivity contribution in [3.05, 3.63) is 23.8 Å². The predicted octanol–water partition coefficient (Wildman–Crippen LogP) is 1.42. The van der Waals surface area contributed by atoms with Crippen molar-refractivity contribution in [2.24, 2.45) is 5.10 Å². The number of rotatable bonds is 6. The van der Waals surface area contributed by atoms with Gasteiger partial charge in [0.2, 0.25) is 0 Å². The van der Waals surface area contributed by atoms with E-state index in [1.807, 2.05) is 0 Å². The summed E-state index contributed by atoms with van der Waals surface area (Å²) in [5.41, 5.74) is 3.02. The number of hydrazone groups is 1. The van der Waals surface area contributed by atoms with Crippen molar-refractivity contribution in [2.45, 2.75) is 32.4 Å². The van der Waals surface area contributed by atoms with Gasteiger partial charge < -0.3 is 14.8 Å². The van der Waals surface area contributed by atoms with Crippen LogP contribution in [0.1, 0.15) is 25.3 Å². The van der Waals surface area contributed by atoms with Crippen molar-refractivity contribution in [1.82, 2.24) is 10.7 Å². The lowest BCUT2D eigenvalue weighted by Crippen LogP contribution is -2.39. The highest BCUT2D eigenvalue weighted by atomic mass is 19.3. The Balaban J connectivity index is 2.03. The highest BCUT2D eigenvalue weighted by molar-refractivity contribution is 6.35. The molecule has 1 aromatic carbocycles. The Morgan fingerprint density at radius 3 is 2.54 bits per heavy atom. The van der Waals surface area contributed by atoms with Crippen molar-refractivity contribution >= 4 is 17.5 Å². The van der Waals surface area contributed by atoms with Gasteiger partial charge in [-0.3, -0.25) is 9.59 Å². The number of nitrogens with one attached hydrogen (secondary N) is 2. The molecule has 0 radical (unpaired) electrons. The van der Waals surface area contributed by atoms with E-state index in [0.717, 1.165) is 12.8 Å². The van der Waals surface area contributed by atoms with Crippen LogP contribution in [0.2, 0.25) is 0 Å². The number of halogens is 2. The zero-order valence-electron chi connectivity index (χ0n) is 13.1. The average Bonchev–Trinajstić information content (AvgIpc) is 3.35. The fourth-order valence-electron chi connectivity index (χ4n) is 1.81. The van der Waals surface area contributed by atoms with E-state index in [9.17, 15) is 18.4 Å². The molecule has 0 aromatic heterocycles. The molecule has 130 valence electrons. The lowest BCUT2D eigenvalue weighted by molar-refractivity contribution is -0.139. The largest absolute Gasteiger partial charge is 0.493 e. The van der Waals surface area contributed by atoms with Crippen molar-refractivity contribution < 1.29 is 27.8 Å². The number of carbonyl (C=O) groups excluding carboxylic acids is 2. The Bertz CT molecular complexity index is 660. The fourth-order valence-corrected chi connectivity index (χ4v) is 1.81. The third-order valence-corrected chi connectivity index (χ3v) is 3.24. The minimum Gasteiger partial charge on any atom is -0.493 e. The van der Waals surface area contributed by atoms with Gasteiger partial charge >= 0.3 is 18.4 Å². The number of alkyl halides is 2. The van der Waals surface area contributed by atoms with Gasteiger partial charge in [-0.1, -0.05) is 0 Å². The summed E-state index contributed by atoms with van der Waals surface area (Å²) in [6.07, 6.45) is 1.74. The van der Waals surface area contributed by atoms with Gasteiger partial charge in [0.25, 0.3) is 0 Å². The average molecular weight is 341 g/mol. The molecule has 0 saturated heterocycles. The molecule has 7 nitrogen and oxygen atoms in total. The molecule has 1 aliphatic carbocycles. The van der Waals surface area contributed by atoms with Crippen molar-refractivity contribution in [2.75, 3.05) is 7.11 Å². The second-order valence-corrected chi connectivity index (χ2v) is 5.13. The molecule has 1 aromatic rings. The van der Waals surface area contributed by atoms with E-state index in [2.05, 4.69) is 20.6 Å². The van der Waals surface area contributed by atoms with E-state index >= 15 is 0 Å². The van der Waals surface area contributed by atoms with Crippen LogP contribution >= 0.6 is 0 Å². The predicted molar refractivity (Wildman–Crippen MR) is 81.1 cm³/mol. The second kappa shape index (κ2) is 7.71. The Morgan fingerprint density at radius 1 is 1.25 bits per heavy atom. The molecule has 1 fully saturated rings. The summed E-state index contributed by atoms with van der Waals surface area (Å²) in [6, 6.07) is 4.30. The zero-order valence-corrected chi connectivity index (χ0v) is 13.1. The van der Waals surface area contributed by atoms with Crippen LogP contribution < -0.4 is 20.2 Å². The number of hydrogen-bond donors (Lipinski definition) is 2. The quantitative estimate of drug-likeness (QED) is 0.465. The van der Waals surface area contributed by atoms with Crippen LogP contribution in [0.5, 0.6) is 11.5 Å². The van der Waals surface area contributed by atoms with Crippen LogP contribution in [-0.4, -0.2) is 37.3 Å². The summed E-state index contributed by atoms with van der Waals surface area (Å²) < 4.78 is 33.9. The minimum atomic E-state index is -2.97. The number of ether oxygens (including phenoxy) is 2. The van der Waals surface area contributed by atoms with Crippen LogP contribution in [0.25, 0.3) is 0 Å². The van der Waals surface area contributed by atoms with Gasteiger partial charge in [-0.15, -0.1) is 0 Å². The molecule has 2 amide bonds. The minimum absolute atomic E-state index is 0.0694. The first kappa shape index (κ1) is 17.6. The number of carbonyl (C=O) groups is 2. The lowest BCUT2D eigenvalue weighted by atomic mass is 10.1. The fraction of sp³-hybridized carbons (Fsp3) is 0.400. The molecule has 1 saturated carbocycles. The van der Waals surface area contributed by atoms with Gasteiger partial charge in [0, 0.05) is 11.6 Å². The number of nitrogens with zero attached hydrogens (tertiary/aromatic N) is 1. The van der Waals surface area contributed by atoms with Gasteiger partial charge in [0.15, 0.2) is 11.5 Å². The first-order chi connectivity index (χ1) is 11.4. The molecule has 2 rings (SSSR count). The van der Waals surface area contributed by atoms with Gasteiger partial charge in [-0.05, 0) is 38.0 Å². The molecule has 0 unspecified atom stereocenters. The summed E-state index contributed by atoms with van der Waals surface area (Å²) >= 11 is 0. The molecule has 2 N–H and O–H groups in total. The maximum absolute atomic E-state index is 12.3. The van der Waals surface area contributed by atoms with E-state index in [4.69, 9.17) is 4.74 Å². The van der Waals surface area contributed by atoms with Crippen LogP contribution in [-0.2, 0) is 9.59 Å².